The minimum Gasteiger partial charge on any atom is -0.326 e. The maximum absolute atomic E-state index is 13.6. The standard InChI is InChI=1S/C15H13ClFNO/c16-13-6-5-12(14(17)8-13)7-15(19)11-3-1-10(9-18)2-4-11/h1-6,8H,7,9,18H2. The lowest BCUT2D eigenvalue weighted by Gasteiger charge is -2.04. The smallest absolute Gasteiger partial charge is 0.167 e. The Morgan fingerprint density at radius 1 is 1.16 bits per heavy atom. The molecule has 0 spiro atoms. The third kappa shape index (κ3) is 3.40. The van der Waals surface area contributed by atoms with Gasteiger partial charge in [-0.3, -0.25) is 4.79 Å². The van der Waals surface area contributed by atoms with Crippen molar-refractivity contribution >= 4 is 17.4 Å². The predicted octanol–water partition coefficient (Wildman–Crippen LogP) is 3.36. The average Bonchev–Trinajstić information content (AvgIpc) is 2.42. The second kappa shape index (κ2) is 5.95. The number of hydrogen-bond acceptors (Lipinski definition) is 2. The molecule has 0 heterocycles. The highest BCUT2D eigenvalue weighted by molar-refractivity contribution is 6.30. The van der Waals surface area contributed by atoms with Crippen molar-refractivity contribution in [3.63, 3.8) is 0 Å². The number of carbonyl (C=O) groups excluding carboxylic acids is 1. The van der Waals surface area contributed by atoms with E-state index in [2.05, 4.69) is 0 Å². The zero-order valence-corrected chi connectivity index (χ0v) is 11.0. The molecule has 0 unspecified atom stereocenters. The molecule has 0 fully saturated rings. The van der Waals surface area contributed by atoms with E-state index in [0.29, 0.717) is 22.7 Å². The molecule has 0 atom stereocenters. The zero-order valence-electron chi connectivity index (χ0n) is 10.2. The first-order valence-electron chi connectivity index (χ1n) is 5.86. The van der Waals surface area contributed by atoms with E-state index < -0.39 is 5.82 Å². The van der Waals surface area contributed by atoms with E-state index >= 15 is 0 Å². The maximum atomic E-state index is 13.6. The number of ketones is 1. The van der Waals surface area contributed by atoms with Gasteiger partial charge < -0.3 is 5.73 Å². The first kappa shape index (κ1) is 13.7. The highest BCUT2D eigenvalue weighted by Crippen LogP contribution is 2.17. The monoisotopic (exact) mass is 277 g/mol. The Bertz CT molecular complexity index is 596. The third-order valence-electron chi connectivity index (χ3n) is 2.88. The Balaban J connectivity index is 2.15. The number of halogens is 2. The quantitative estimate of drug-likeness (QED) is 0.871. The van der Waals surface area contributed by atoms with Gasteiger partial charge in [0, 0.05) is 23.6 Å². The average molecular weight is 278 g/mol. The normalized spacial score (nSPS) is 10.5. The molecular weight excluding hydrogens is 265 g/mol. The highest BCUT2D eigenvalue weighted by atomic mass is 35.5. The van der Waals surface area contributed by atoms with Crippen LogP contribution in [0.1, 0.15) is 21.5 Å². The zero-order chi connectivity index (χ0) is 13.8. The van der Waals surface area contributed by atoms with E-state index in [4.69, 9.17) is 17.3 Å². The molecule has 2 rings (SSSR count). The summed E-state index contributed by atoms with van der Waals surface area (Å²) in [4.78, 5) is 12.0. The Morgan fingerprint density at radius 3 is 2.42 bits per heavy atom. The predicted molar refractivity (Wildman–Crippen MR) is 73.8 cm³/mol. The SMILES string of the molecule is NCc1ccc(C(=O)Cc2ccc(Cl)cc2F)cc1. The molecule has 2 aromatic carbocycles. The van der Waals surface area contributed by atoms with Crippen LogP contribution in [0.4, 0.5) is 4.39 Å². The Hall–Kier alpha value is -1.71. The van der Waals surface area contributed by atoms with E-state index in [-0.39, 0.29) is 12.2 Å². The number of Topliss-reactive ketones (excluding diaryl/α,β-unsaturated/α-hetero) is 1. The van der Waals surface area contributed by atoms with Crippen LogP contribution in [0.3, 0.4) is 0 Å². The molecule has 0 saturated heterocycles. The summed E-state index contributed by atoms with van der Waals surface area (Å²) >= 11 is 5.67. The summed E-state index contributed by atoms with van der Waals surface area (Å²) in [6, 6.07) is 11.3. The molecule has 0 radical (unpaired) electrons. The van der Waals surface area contributed by atoms with E-state index in [1.165, 1.54) is 12.1 Å². The molecule has 2 aromatic rings. The van der Waals surface area contributed by atoms with Crippen LogP contribution in [-0.4, -0.2) is 5.78 Å². The van der Waals surface area contributed by atoms with Crippen molar-refractivity contribution in [3.8, 4) is 0 Å². The molecule has 0 aliphatic heterocycles. The maximum Gasteiger partial charge on any atom is 0.167 e. The molecule has 0 aromatic heterocycles. The summed E-state index contributed by atoms with van der Waals surface area (Å²) in [6.45, 7) is 0.431. The largest absolute Gasteiger partial charge is 0.326 e. The van der Waals surface area contributed by atoms with Gasteiger partial charge in [0.05, 0.1) is 0 Å². The first-order chi connectivity index (χ1) is 9.10. The molecule has 2 N–H and O–H groups in total. The molecule has 4 heteroatoms. The second-order valence-electron chi connectivity index (χ2n) is 4.24. The highest BCUT2D eigenvalue weighted by Gasteiger charge is 2.10. The molecular formula is C15H13ClFNO. The van der Waals surface area contributed by atoms with Gasteiger partial charge in [-0.05, 0) is 23.3 Å². The van der Waals surface area contributed by atoms with Gasteiger partial charge >= 0.3 is 0 Å². The minimum absolute atomic E-state index is 0.0188. The summed E-state index contributed by atoms with van der Waals surface area (Å²) in [5.41, 5.74) is 7.33. The number of rotatable bonds is 4. The summed E-state index contributed by atoms with van der Waals surface area (Å²) < 4.78 is 13.6. The van der Waals surface area contributed by atoms with Crippen LogP contribution < -0.4 is 5.73 Å². The van der Waals surface area contributed by atoms with Crippen LogP contribution in [0.5, 0.6) is 0 Å². The van der Waals surface area contributed by atoms with Crippen molar-refractivity contribution in [3.05, 3.63) is 70.0 Å². The number of benzene rings is 2. The second-order valence-corrected chi connectivity index (χ2v) is 4.67. The lowest BCUT2D eigenvalue weighted by molar-refractivity contribution is 0.0992. The summed E-state index contributed by atoms with van der Waals surface area (Å²) in [5.74, 6) is -0.593. The fourth-order valence-corrected chi connectivity index (χ4v) is 1.93. The molecule has 0 aliphatic carbocycles. The van der Waals surface area contributed by atoms with Crippen LogP contribution >= 0.6 is 11.6 Å². The van der Waals surface area contributed by atoms with Crippen molar-refractivity contribution in [2.24, 2.45) is 5.73 Å². The molecule has 0 bridgehead atoms. The summed E-state index contributed by atoms with van der Waals surface area (Å²) in [5, 5.41) is 0.320. The van der Waals surface area contributed by atoms with Gasteiger partial charge in [-0.25, -0.2) is 4.39 Å². The first-order valence-corrected chi connectivity index (χ1v) is 6.24. The van der Waals surface area contributed by atoms with Gasteiger partial charge in [0.25, 0.3) is 0 Å². The molecule has 2 nitrogen and oxygen atoms in total. The van der Waals surface area contributed by atoms with Gasteiger partial charge in [-0.1, -0.05) is 41.9 Å². The van der Waals surface area contributed by atoms with Crippen molar-refractivity contribution in [2.75, 3.05) is 0 Å². The molecule has 0 amide bonds. The number of hydrogen-bond donors (Lipinski definition) is 1. The number of carbonyl (C=O) groups is 1. The molecule has 0 saturated carbocycles. The lowest BCUT2D eigenvalue weighted by Crippen LogP contribution is -2.06. The van der Waals surface area contributed by atoms with Gasteiger partial charge in [0.15, 0.2) is 5.78 Å². The fourth-order valence-electron chi connectivity index (χ4n) is 1.77. The van der Waals surface area contributed by atoms with E-state index in [1.807, 2.05) is 0 Å². The molecule has 0 aliphatic rings. The van der Waals surface area contributed by atoms with E-state index in [9.17, 15) is 9.18 Å². The Kier molecular flexibility index (Phi) is 4.30. The molecule has 98 valence electrons. The van der Waals surface area contributed by atoms with Crippen molar-refractivity contribution in [1.82, 2.24) is 0 Å². The fraction of sp³-hybridized carbons (Fsp3) is 0.133. The van der Waals surface area contributed by atoms with Crippen LogP contribution in [0.15, 0.2) is 42.5 Å². The van der Waals surface area contributed by atoms with Gasteiger partial charge in [-0.2, -0.15) is 0 Å². The lowest BCUT2D eigenvalue weighted by atomic mass is 10.0. The van der Waals surface area contributed by atoms with Gasteiger partial charge in [0.1, 0.15) is 5.82 Å². The summed E-state index contributed by atoms with van der Waals surface area (Å²) in [6.07, 6.45) is 0.0188. The van der Waals surface area contributed by atoms with E-state index in [0.717, 1.165) is 5.56 Å². The van der Waals surface area contributed by atoms with Crippen LogP contribution in [-0.2, 0) is 13.0 Å². The van der Waals surface area contributed by atoms with Gasteiger partial charge in [0.2, 0.25) is 0 Å². The van der Waals surface area contributed by atoms with E-state index in [1.54, 1.807) is 30.3 Å². The molecule has 19 heavy (non-hydrogen) atoms. The van der Waals surface area contributed by atoms with Crippen LogP contribution in [0.25, 0.3) is 0 Å². The topological polar surface area (TPSA) is 43.1 Å². The Labute approximate surface area is 116 Å². The van der Waals surface area contributed by atoms with Gasteiger partial charge in [-0.15, -0.1) is 0 Å². The minimum atomic E-state index is -0.459. The third-order valence-corrected chi connectivity index (χ3v) is 3.11. The van der Waals surface area contributed by atoms with Crippen LogP contribution in [0.2, 0.25) is 5.02 Å². The van der Waals surface area contributed by atoms with Crippen molar-refractivity contribution < 1.29 is 9.18 Å². The Morgan fingerprint density at radius 2 is 1.84 bits per heavy atom. The van der Waals surface area contributed by atoms with Crippen LogP contribution in [0, 0.1) is 5.82 Å². The van der Waals surface area contributed by atoms with Crippen molar-refractivity contribution in [2.45, 2.75) is 13.0 Å². The van der Waals surface area contributed by atoms with Crippen molar-refractivity contribution in [1.29, 1.82) is 0 Å². The number of nitrogens with two attached hydrogens (primary N) is 1. The summed E-state index contributed by atoms with van der Waals surface area (Å²) in [7, 11) is 0.